The van der Waals surface area contributed by atoms with Gasteiger partial charge in [0.05, 0.1) is 21.5 Å². The van der Waals surface area contributed by atoms with Crippen molar-refractivity contribution in [1.82, 2.24) is 4.90 Å². The van der Waals surface area contributed by atoms with E-state index in [9.17, 15) is 9.59 Å². The van der Waals surface area contributed by atoms with Crippen molar-refractivity contribution in [2.45, 2.75) is 26.4 Å². The van der Waals surface area contributed by atoms with Gasteiger partial charge < -0.3 is 10.2 Å². The van der Waals surface area contributed by atoms with Crippen LogP contribution in [0.5, 0.6) is 0 Å². The van der Waals surface area contributed by atoms with Crippen molar-refractivity contribution in [3.05, 3.63) is 82.7 Å². The second-order valence-corrected chi connectivity index (χ2v) is 8.03. The monoisotopic (exact) mass is 418 g/mol. The highest BCUT2D eigenvalue weighted by molar-refractivity contribution is 7.18. The first kappa shape index (κ1) is 21.1. The van der Waals surface area contributed by atoms with Crippen LogP contribution >= 0.6 is 11.3 Å². The number of hydrogen-bond acceptors (Lipinski definition) is 4. The van der Waals surface area contributed by atoms with E-state index in [1.807, 2.05) is 44.2 Å². The van der Waals surface area contributed by atoms with E-state index in [1.54, 1.807) is 41.3 Å². The Labute approximate surface area is 179 Å². The zero-order valence-corrected chi connectivity index (χ0v) is 17.6. The minimum atomic E-state index is -0.361. The summed E-state index contributed by atoms with van der Waals surface area (Å²) in [7, 11) is 0. The van der Waals surface area contributed by atoms with Crippen molar-refractivity contribution in [1.29, 1.82) is 5.26 Å². The van der Waals surface area contributed by atoms with Crippen LogP contribution in [0.4, 0.5) is 15.5 Å². The van der Waals surface area contributed by atoms with Crippen LogP contribution in [0.1, 0.15) is 34.6 Å². The fourth-order valence-electron chi connectivity index (χ4n) is 2.83. The highest BCUT2D eigenvalue weighted by atomic mass is 32.1. The number of nitrogens with zero attached hydrogens (tertiary/aromatic N) is 2. The number of anilines is 2. The zero-order chi connectivity index (χ0) is 21.5. The molecule has 152 valence electrons. The normalized spacial score (nSPS) is 10.3. The van der Waals surface area contributed by atoms with Crippen molar-refractivity contribution >= 4 is 34.0 Å². The fraction of sp³-hybridized carbons (Fsp3) is 0.174. The standard InChI is InChI=1S/C23H22N4O2S/c1-16(2)27(15-18-10-8-17(14-24)9-11-18)22(28)20-12-13-21(30-20)26-23(29)25-19-6-4-3-5-7-19/h3-13,16H,15H2,1-2H3,(H2,25,26,29). The van der Waals surface area contributed by atoms with Crippen LogP contribution in [0.15, 0.2) is 66.7 Å². The molecular weight excluding hydrogens is 396 g/mol. The summed E-state index contributed by atoms with van der Waals surface area (Å²) in [6.45, 7) is 4.36. The van der Waals surface area contributed by atoms with Gasteiger partial charge >= 0.3 is 6.03 Å². The minimum Gasteiger partial charge on any atom is -0.331 e. The van der Waals surface area contributed by atoms with E-state index in [2.05, 4.69) is 16.7 Å². The Morgan fingerprint density at radius 3 is 2.33 bits per heavy atom. The van der Waals surface area contributed by atoms with Gasteiger partial charge in [-0.25, -0.2) is 4.79 Å². The van der Waals surface area contributed by atoms with Crippen molar-refractivity contribution in [2.75, 3.05) is 10.6 Å². The number of carbonyl (C=O) groups excluding carboxylic acids is 2. The Morgan fingerprint density at radius 1 is 1.00 bits per heavy atom. The van der Waals surface area contributed by atoms with Crippen molar-refractivity contribution in [3.63, 3.8) is 0 Å². The molecule has 3 amide bonds. The Hall–Kier alpha value is -3.63. The van der Waals surface area contributed by atoms with Gasteiger partial charge in [0.1, 0.15) is 0 Å². The van der Waals surface area contributed by atoms with Gasteiger partial charge in [0.2, 0.25) is 0 Å². The maximum Gasteiger partial charge on any atom is 0.324 e. The van der Waals surface area contributed by atoms with Crippen LogP contribution in [0.3, 0.4) is 0 Å². The lowest BCUT2D eigenvalue weighted by atomic mass is 10.1. The summed E-state index contributed by atoms with van der Waals surface area (Å²) in [5.41, 5.74) is 2.23. The van der Waals surface area contributed by atoms with E-state index in [-0.39, 0.29) is 18.0 Å². The molecule has 0 saturated heterocycles. The van der Waals surface area contributed by atoms with Gasteiger partial charge in [0.15, 0.2) is 0 Å². The van der Waals surface area contributed by atoms with Crippen LogP contribution in [-0.2, 0) is 6.54 Å². The lowest BCUT2D eigenvalue weighted by Gasteiger charge is -2.26. The first-order valence-corrected chi connectivity index (χ1v) is 10.3. The number of hydrogen-bond donors (Lipinski definition) is 2. The van der Waals surface area contributed by atoms with Crippen LogP contribution in [0.25, 0.3) is 0 Å². The predicted molar refractivity (Wildman–Crippen MR) is 120 cm³/mol. The number of nitrogens with one attached hydrogen (secondary N) is 2. The van der Waals surface area contributed by atoms with Crippen molar-refractivity contribution in [3.8, 4) is 6.07 Å². The first-order valence-electron chi connectivity index (χ1n) is 9.49. The van der Waals surface area contributed by atoms with Gasteiger partial charge in [0.25, 0.3) is 5.91 Å². The maximum atomic E-state index is 13.1. The molecule has 2 aromatic carbocycles. The Bertz CT molecular complexity index is 1050. The first-order chi connectivity index (χ1) is 14.5. The molecule has 0 unspecified atom stereocenters. The summed E-state index contributed by atoms with van der Waals surface area (Å²) in [6, 6.07) is 21.5. The van der Waals surface area contributed by atoms with E-state index in [4.69, 9.17) is 5.26 Å². The third-order valence-corrected chi connectivity index (χ3v) is 5.39. The predicted octanol–water partition coefficient (Wildman–Crippen LogP) is 5.31. The van der Waals surface area contributed by atoms with Gasteiger partial charge in [-0.3, -0.25) is 10.1 Å². The lowest BCUT2D eigenvalue weighted by molar-refractivity contribution is 0.0695. The quantitative estimate of drug-likeness (QED) is 0.568. The molecule has 0 saturated carbocycles. The molecule has 7 heteroatoms. The zero-order valence-electron chi connectivity index (χ0n) is 16.8. The number of rotatable bonds is 6. The molecular formula is C23H22N4O2S. The smallest absolute Gasteiger partial charge is 0.324 e. The number of nitriles is 1. The molecule has 6 nitrogen and oxygen atoms in total. The third-order valence-electron chi connectivity index (χ3n) is 4.41. The Morgan fingerprint density at radius 2 is 1.70 bits per heavy atom. The number of benzene rings is 2. The summed E-state index contributed by atoms with van der Waals surface area (Å²) in [6.07, 6.45) is 0. The van der Waals surface area contributed by atoms with Gasteiger partial charge in [0, 0.05) is 18.3 Å². The van der Waals surface area contributed by atoms with E-state index >= 15 is 0 Å². The molecule has 1 aromatic heterocycles. The Balaban J connectivity index is 1.66. The molecule has 2 N–H and O–H groups in total. The summed E-state index contributed by atoms with van der Waals surface area (Å²) >= 11 is 1.24. The van der Waals surface area contributed by atoms with Gasteiger partial charge in [-0.2, -0.15) is 5.26 Å². The molecule has 0 bridgehead atoms. The van der Waals surface area contributed by atoms with Gasteiger partial charge in [-0.05, 0) is 55.8 Å². The second-order valence-electron chi connectivity index (χ2n) is 6.94. The molecule has 0 spiro atoms. The van der Waals surface area contributed by atoms with Gasteiger partial charge in [-0.15, -0.1) is 11.3 Å². The van der Waals surface area contributed by atoms with E-state index < -0.39 is 0 Å². The lowest BCUT2D eigenvalue weighted by Crippen LogP contribution is -2.35. The molecule has 0 aliphatic heterocycles. The molecule has 0 fully saturated rings. The largest absolute Gasteiger partial charge is 0.331 e. The average molecular weight is 419 g/mol. The highest BCUT2D eigenvalue weighted by Gasteiger charge is 2.21. The number of carbonyl (C=O) groups is 2. The average Bonchev–Trinajstić information content (AvgIpc) is 3.20. The molecule has 1 heterocycles. The topological polar surface area (TPSA) is 85.2 Å². The molecule has 0 radical (unpaired) electrons. The van der Waals surface area contributed by atoms with Crippen molar-refractivity contribution in [2.24, 2.45) is 0 Å². The van der Waals surface area contributed by atoms with Crippen LogP contribution in [-0.4, -0.2) is 22.9 Å². The van der Waals surface area contributed by atoms with E-state index in [0.29, 0.717) is 27.7 Å². The number of amides is 3. The number of urea groups is 1. The summed E-state index contributed by atoms with van der Waals surface area (Å²) in [4.78, 5) is 27.5. The summed E-state index contributed by atoms with van der Waals surface area (Å²) < 4.78 is 0. The van der Waals surface area contributed by atoms with E-state index in [0.717, 1.165) is 5.56 Å². The molecule has 30 heavy (non-hydrogen) atoms. The number of thiophene rings is 1. The fourth-order valence-corrected chi connectivity index (χ4v) is 3.68. The van der Waals surface area contributed by atoms with Crippen molar-refractivity contribution < 1.29 is 9.59 Å². The number of para-hydroxylation sites is 1. The molecule has 0 aliphatic rings. The highest BCUT2D eigenvalue weighted by Crippen LogP contribution is 2.25. The second kappa shape index (κ2) is 9.72. The van der Waals surface area contributed by atoms with Gasteiger partial charge in [-0.1, -0.05) is 30.3 Å². The molecule has 3 aromatic rings. The Kier molecular flexibility index (Phi) is 6.83. The molecule has 0 atom stereocenters. The van der Waals surface area contributed by atoms with Crippen LogP contribution in [0, 0.1) is 11.3 Å². The van der Waals surface area contributed by atoms with Crippen LogP contribution < -0.4 is 10.6 Å². The SMILES string of the molecule is CC(C)N(Cc1ccc(C#N)cc1)C(=O)c1ccc(NC(=O)Nc2ccccc2)s1. The summed E-state index contributed by atoms with van der Waals surface area (Å²) in [5.74, 6) is -0.101. The minimum absolute atomic E-state index is 0.00645. The van der Waals surface area contributed by atoms with Crippen LogP contribution in [0.2, 0.25) is 0 Å². The maximum absolute atomic E-state index is 13.1. The molecule has 3 rings (SSSR count). The third kappa shape index (κ3) is 5.46. The van der Waals surface area contributed by atoms with E-state index in [1.165, 1.54) is 11.3 Å². The summed E-state index contributed by atoms with van der Waals surface area (Å²) in [5, 5.41) is 15.0. The molecule has 0 aliphatic carbocycles.